The Morgan fingerprint density at radius 3 is 2.58 bits per heavy atom. The summed E-state index contributed by atoms with van der Waals surface area (Å²) in [5, 5.41) is 7.78. The van der Waals surface area contributed by atoms with E-state index in [4.69, 9.17) is 4.74 Å². The topological polar surface area (TPSA) is 60.2 Å². The normalized spacial score (nSPS) is 20.2. The molecule has 0 aliphatic carbocycles. The first-order valence-corrected chi connectivity index (χ1v) is 7.22. The second-order valence-corrected chi connectivity index (χ2v) is 5.66. The molecular weight excluding hydrogens is 312 g/mol. The highest BCUT2D eigenvalue weighted by molar-refractivity contribution is 9.10. The summed E-state index contributed by atoms with van der Waals surface area (Å²) in [6.07, 6.45) is 0.740. The Labute approximate surface area is 121 Å². The van der Waals surface area contributed by atoms with Crippen LogP contribution in [0.4, 0.5) is 0 Å². The van der Waals surface area contributed by atoms with Crippen LogP contribution in [0.5, 0.6) is 0 Å². The molecule has 0 spiro atoms. The highest BCUT2D eigenvalue weighted by atomic mass is 79.9. The summed E-state index contributed by atoms with van der Waals surface area (Å²) >= 11 is 3.30. The minimum atomic E-state index is -0.540. The SMILES string of the molecule is CCC(C)(C(=O)c1c(Br)nnn1C)N1CCOCC1. The van der Waals surface area contributed by atoms with Gasteiger partial charge in [-0.1, -0.05) is 12.1 Å². The fraction of sp³-hybridized carbons (Fsp3) is 0.750. The molecule has 7 heteroatoms. The Morgan fingerprint density at radius 2 is 2.11 bits per heavy atom. The summed E-state index contributed by atoms with van der Waals surface area (Å²) in [5.41, 5.74) is -0.0160. The van der Waals surface area contributed by atoms with Gasteiger partial charge in [0.15, 0.2) is 4.60 Å². The van der Waals surface area contributed by atoms with E-state index in [1.54, 1.807) is 7.05 Å². The van der Waals surface area contributed by atoms with Crippen molar-refractivity contribution in [2.45, 2.75) is 25.8 Å². The molecule has 0 bridgehead atoms. The van der Waals surface area contributed by atoms with Crippen LogP contribution in [0.1, 0.15) is 30.8 Å². The minimum Gasteiger partial charge on any atom is -0.379 e. The number of ether oxygens (including phenoxy) is 1. The molecule has 1 unspecified atom stereocenters. The monoisotopic (exact) mass is 330 g/mol. The number of nitrogens with zero attached hydrogens (tertiary/aromatic N) is 4. The zero-order valence-corrected chi connectivity index (χ0v) is 13.1. The molecule has 1 aliphatic heterocycles. The molecular formula is C12H19BrN4O2. The average Bonchev–Trinajstić information content (AvgIpc) is 2.77. The fourth-order valence-electron chi connectivity index (χ4n) is 2.41. The predicted molar refractivity (Wildman–Crippen MR) is 74.1 cm³/mol. The van der Waals surface area contributed by atoms with Gasteiger partial charge in [0.05, 0.1) is 18.8 Å². The molecule has 2 heterocycles. The Hall–Kier alpha value is -0.790. The lowest BCUT2D eigenvalue weighted by molar-refractivity contribution is -0.0110. The van der Waals surface area contributed by atoms with Gasteiger partial charge in [0, 0.05) is 20.1 Å². The summed E-state index contributed by atoms with van der Waals surface area (Å²) in [7, 11) is 1.74. The molecule has 1 fully saturated rings. The molecule has 1 aliphatic rings. The standard InChI is InChI=1S/C12H19BrN4O2/c1-4-12(2,17-5-7-19-8-6-17)10(18)9-11(13)14-15-16(9)3/h4-8H2,1-3H3. The van der Waals surface area contributed by atoms with Crippen LogP contribution < -0.4 is 0 Å². The summed E-state index contributed by atoms with van der Waals surface area (Å²) < 4.78 is 7.40. The van der Waals surface area contributed by atoms with Crippen LogP contribution in [0.3, 0.4) is 0 Å². The second-order valence-electron chi connectivity index (χ2n) is 4.91. The van der Waals surface area contributed by atoms with Gasteiger partial charge in [-0.3, -0.25) is 9.69 Å². The molecule has 1 aromatic rings. The van der Waals surface area contributed by atoms with Gasteiger partial charge < -0.3 is 4.74 Å². The van der Waals surface area contributed by atoms with Crippen molar-refractivity contribution in [1.82, 2.24) is 19.9 Å². The van der Waals surface area contributed by atoms with Gasteiger partial charge in [0.1, 0.15) is 5.69 Å². The summed E-state index contributed by atoms with van der Waals surface area (Å²) in [6.45, 7) is 6.92. The van der Waals surface area contributed by atoms with E-state index in [0.717, 1.165) is 19.5 Å². The van der Waals surface area contributed by atoms with Crippen molar-refractivity contribution < 1.29 is 9.53 Å². The van der Waals surface area contributed by atoms with Gasteiger partial charge in [-0.15, -0.1) is 5.10 Å². The van der Waals surface area contributed by atoms with Gasteiger partial charge in [0.25, 0.3) is 0 Å². The van der Waals surface area contributed by atoms with Crippen molar-refractivity contribution in [3.05, 3.63) is 10.3 Å². The van der Waals surface area contributed by atoms with Crippen molar-refractivity contribution in [1.29, 1.82) is 0 Å². The van der Waals surface area contributed by atoms with E-state index >= 15 is 0 Å². The molecule has 1 saturated heterocycles. The smallest absolute Gasteiger partial charge is 0.203 e. The van der Waals surface area contributed by atoms with E-state index < -0.39 is 5.54 Å². The molecule has 0 saturated carbocycles. The highest BCUT2D eigenvalue weighted by Crippen LogP contribution is 2.27. The minimum absolute atomic E-state index is 0.0521. The third kappa shape index (κ3) is 2.59. The van der Waals surface area contributed by atoms with Crippen LogP contribution in [0.15, 0.2) is 4.60 Å². The first-order valence-electron chi connectivity index (χ1n) is 6.43. The molecule has 0 N–H and O–H groups in total. The number of hydrogen-bond acceptors (Lipinski definition) is 5. The lowest BCUT2D eigenvalue weighted by Crippen LogP contribution is -2.56. The Balaban J connectivity index is 2.32. The summed E-state index contributed by atoms with van der Waals surface area (Å²) in [5.74, 6) is 0.0521. The molecule has 0 amide bonds. The number of aryl methyl sites for hydroxylation is 1. The number of carbonyl (C=O) groups is 1. The molecule has 6 nitrogen and oxygen atoms in total. The van der Waals surface area contributed by atoms with Crippen LogP contribution in [-0.4, -0.2) is 57.5 Å². The molecule has 2 rings (SSSR count). The zero-order valence-electron chi connectivity index (χ0n) is 11.5. The van der Waals surface area contributed by atoms with Crippen molar-refractivity contribution in [2.75, 3.05) is 26.3 Å². The van der Waals surface area contributed by atoms with Gasteiger partial charge in [-0.25, -0.2) is 4.68 Å². The summed E-state index contributed by atoms with van der Waals surface area (Å²) in [6, 6.07) is 0. The molecule has 1 atom stereocenters. The largest absolute Gasteiger partial charge is 0.379 e. The molecule has 1 aromatic heterocycles. The Kier molecular flexibility index (Phi) is 4.37. The van der Waals surface area contributed by atoms with E-state index in [1.807, 2.05) is 13.8 Å². The quantitative estimate of drug-likeness (QED) is 0.778. The first-order chi connectivity index (χ1) is 9.00. The second kappa shape index (κ2) is 5.68. The number of morpholine rings is 1. The number of aromatic nitrogens is 3. The number of carbonyl (C=O) groups excluding carboxylic acids is 1. The lowest BCUT2D eigenvalue weighted by atomic mass is 9.88. The molecule has 0 aromatic carbocycles. The maximum atomic E-state index is 12.9. The Morgan fingerprint density at radius 1 is 1.47 bits per heavy atom. The van der Waals surface area contributed by atoms with Crippen LogP contribution >= 0.6 is 15.9 Å². The van der Waals surface area contributed by atoms with Crippen molar-refractivity contribution in [3.63, 3.8) is 0 Å². The van der Waals surface area contributed by atoms with Crippen molar-refractivity contribution >= 4 is 21.7 Å². The van der Waals surface area contributed by atoms with Gasteiger partial charge in [0.2, 0.25) is 5.78 Å². The van der Waals surface area contributed by atoms with Crippen LogP contribution in [-0.2, 0) is 11.8 Å². The fourth-order valence-corrected chi connectivity index (χ4v) is 2.92. The third-order valence-electron chi connectivity index (χ3n) is 3.89. The predicted octanol–water partition coefficient (Wildman–Crippen LogP) is 1.26. The van der Waals surface area contributed by atoms with Crippen LogP contribution in [0, 0.1) is 0 Å². The first kappa shape index (κ1) is 14.6. The molecule has 19 heavy (non-hydrogen) atoms. The van der Waals surface area contributed by atoms with E-state index in [2.05, 4.69) is 31.1 Å². The van der Waals surface area contributed by atoms with Crippen molar-refractivity contribution in [2.24, 2.45) is 7.05 Å². The maximum Gasteiger partial charge on any atom is 0.203 e. The number of Topliss-reactive ketones (excluding diaryl/α,β-unsaturated/α-hetero) is 1. The number of rotatable bonds is 4. The summed E-state index contributed by atoms with van der Waals surface area (Å²) in [4.78, 5) is 15.1. The van der Waals surface area contributed by atoms with Gasteiger partial charge >= 0.3 is 0 Å². The van der Waals surface area contributed by atoms with Crippen LogP contribution in [0.25, 0.3) is 0 Å². The van der Waals surface area contributed by atoms with E-state index in [1.165, 1.54) is 4.68 Å². The third-order valence-corrected chi connectivity index (χ3v) is 4.42. The van der Waals surface area contributed by atoms with Gasteiger partial charge in [-0.2, -0.15) is 0 Å². The number of ketones is 1. The van der Waals surface area contributed by atoms with E-state index in [9.17, 15) is 4.79 Å². The molecule has 0 radical (unpaired) electrons. The lowest BCUT2D eigenvalue weighted by Gasteiger charge is -2.41. The average molecular weight is 331 g/mol. The zero-order chi connectivity index (χ0) is 14.0. The number of hydrogen-bond donors (Lipinski definition) is 0. The Bertz CT molecular complexity index is 451. The van der Waals surface area contributed by atoms with Crippen LogP contribution in [0.2, 0.25) is 0 Å². The molecule has 106 valence electrons. The van der Waals surface area contributed by atoms with E-state index in [-0.39, 0.29) is 5.78 Å². The number of halogens is 1. The maximum absolute atomic E-state index is 12.9. The van der Waals surface area contributed by atoms with E-state index in [0.29, 0.717) is 23.5 Å². The highest BCUT2D eigenvalue weighted by Gasteiger charge is 2.41. The van der Waals surface area contributed by atoms with Gasteiger partial charge in [-0.05, 0) is 29.3 Å². The van der Waals surface area contributed by atoms with Crippen molar-refractivity contribution in [3.8, 4) is 0 Å².